The van der Waals surface area contributed by atoms with E-state index in [4.69, 9.17) is 4.98 Å². The molecule has 0 unspecified atom stereocenters. The summed E-state index contributed by atoms with van der Waals surface area (Å²) >= 11 is 0. The minimum absolute atomic E-state index is 0.532. The fourth-order valence-electron chi connectivity index (χ4n) is 2.00. The summed E-state index contributed by atoms with van der Waals surface area (Å²) in [5.74, 6) is 1.39. The van der Waals surface area contributed by atoms with Gasteiger partial charge < -0.3 is 0 Å². The summed E-state index contributed by atoms with van der Waals surface area (Å²) in [6, 6.07) is 2.01. The molecule has 0 spiro atoms. The van der Waals surface area contributed by atoms with E-state index in [2.05, 4.69) is 52.6 Å². The van der Waals surface area contributed by atoms with Crippen molar-refractivity contribution in [3.63, 3.8) is 0 Å². The predicted molar refractivity (Wildman–Crippen MR) is 83.7 cm³/mol. The molecule has 0 aliphatic carbocycles. The third-order valence-corrected chi connectivity index (χ3v) is 3.61. The second-order valence-corrected chi connectivity index (χ2v) is 5.22. The van der Waals surface area contributed by atoms with Gasteiger partial charge in [0.2, 0.25) is 0 Å². The fraction of sp³-hybridized carbons (Fsp3) is 0.529. The van der Waals surface area contributed by atoms with E-state index in [9.17, 15) is 0 Å². The molecule has 0 aromatic carbocycles. The number of hydrogen-bond acceptors (Lipinski definition) is 2. The first-order valence-corrected chi connectivity index (χ1v) is 7.21. The van der Waals surface area contributed by atoms with Crippen molar-refractivity contribution in [2.24, 2.45) is 5.92 Å². The van der Waals surface area contributed by atoms with E-state index in [0.717, 1.165) is 24.4 Å². The molecule has 0 saturated carbocycles. The van der Waals surface area contributed by atoms with Crippen LogP contribution in [0.5, 0.6) is 0 Å². The predicted octanol–water partition coefficient (Wildman–Crippen LogP) is 5.13. The van der Waals surface area contributed by atoms with E-state index in [-0.39, 0.29) is 0 Å². The Hall–Kier alpha value is -1.44. The van der Waals surface area contributed by atoms with Crippen molar-refractivity contribution in [3.05, 3.63) is 35.4 Å². The zero-order valence-electron chi connectivity index (χ0n) is 13.1. The second-order valence-electron chi connectivity index (χ2n) is 5.22. The summed E-state index contributed by atoms with van der Waals surface area (Å²) in [4.78, 5) is 9.15. The Bertz CT molecular complexity index is 482. The molecule has 0 N–H and O–H groups in total. The van der Waals surface area contributed by atoms with Gasteiger partial charge in [-0.05, 0) is 49.8 Å². The number of nitrogens with zero attached hydrogens (tertiary/aromatic N) is 2. The molecule has 0 amide bonds. The van der Waals surface area contributed by atoms with Crippen LogP contribution >= 0.6 is 0 Å². The molecule has 1 aromatic heterocycles. The minimum atomic E-state index is 0.532. The molecule has 19 heavy (non-hydrogen) atoms. The summed E-state index contributed by atoms with van der Waals surface area (Å²) in [6.07, 6.45) is 6.17. The lowest BCUT2D eigenvalue weighted by Gasteiger charge is -2.11. The Balaban J connectivity index is 3.21. The van der Waals surface area contributed by atoms with Crippen LogP contribution < -0.4 is 0 Å². The van der Waals surface area contributed by atoms with E-state index >= 15 is 0 Å². The highest BCUT2D eigenvalue weighted by molar-refractivity contribution is 5.66. The summed E-state index contributed by atoms with van der Waals surface area (Å²) in [7, 11) is 0. The van der Waals surface area contributed by atoms with Crippen molar-refractivity contribution in [1.82, 2.24) is 9.97 Å². The van der Waals surface area contributed by atoms with Gasteiger partial charge in [-0.2, -0.15) is 0 Å². The van der Waals surface area contributed by atoms with E-state index < -0.39 is 0 Å². The quantitative estimate of drug-likeness (QED) is 0.731. The van der Waals surface area contributed by atoms with Crippen molar-refractivity contribution in [2.45, 2.75) is 54.4 Å². The maximum atomic E-state index is 4.73. The lowest BCUT2D eigenvalue weighted by Crippen LogP contribution is -2.00. The highest BCUT2D eigenvalue weighted by Gasteiger charge is 2.09. The van der Waals surface area contributed by atoms with Gasteiger partial charge in [0.25, 0.3) is 0 Å². The van der Waals surface area contributed by atoms with Gasteiger partial charge >= 0.3 is 0 Å². The number of aromatic nitrogens is 2. The van der Waals surface area contributed by atoms with Gasteiger partial charge in [0, 0.05) is 6.20 Å². The van der Waals surface area contributed by atoms with E-state index in [1.807, 2.05) is 12.3 Å². The van der Waals surface area contributed by atoms with E-state index in [0.29, 0.717) is 5.92 Å². The molecular formula is C17H26N2. The standard InChI is InChI=1S/C17H26N2/c1-7-9-15(8-2)16-10-11-18-17(19-16)14(6)13(5)12(3)4/h9-12H,7-8H2,1-6H3/b14-13+,15-9+. The molecule has 2 heteroatoms. The van der Waals surface area contributed by atoms with Gasteiger partial charge in [0.05, 0.1) is 5.69 Å². The lowest BCUT2D eigenvalue weighted by molar-refractivity contribution is 0.769. The summed E-state index contributed by atoms with van der Waals surface area (Å²) < 4.78 is 0. The van der Waals surface area contributed by atoms with E-state index in [1.165, 1.54) is 16.7 Å². The van der Waals surface area contributed by atoms with Crippen LogP contribution in [0.4, 0.5) is 0 Å². The van der Waals surface area contributed by atoms with Crippen molar-refractivity contribution in [1.29, 1.82) is 0 Å². The Morgan fingerprint density at radius 1 is 1.26 bits per heavy atom. The van der Waals surface area contributed by atoms with Crippen molar-refractivity contribution in [2.75, 3.05) is 0 Å². The average Bonchev–Trinajstić information content (AvgIpc) is 2.43. The van der Waals surface area contributed by atoms with Gasteiger partial charge in [0.15, 0.2) is 5.82 Å². The molecule has 1 heterocycles. The lowest BCUT2D eigenvalue weighted by atomic mass is 9.99. The van der Waals surface area contributed by atoms with Gasteiger partial charge in [-0.1, -0.05) is 39.3 Å². The maximum absolute atomic E-state index is 4.73. The van der Waals surface area contributed by atoms with Crippen LogP contribution in [0.15, 0.2) is 23.9 Å². The summed E-state index contributed by atoms with van der Waals surface area (Å²) in [5, 5.41) is 0. The molecule has 0 bridgehead atoms. The molecule has 0 aliphatic heterocycles. The van der Waals surface area contributed by atoms with E-state index in [1.54, 1.807) is 0 Å². The number of allylic oxidation sites excluding steroid dienone is 4. The molecule has 0 atom stereocenters. The highest BCUT2D eigenvalue weighted by atomic mass is 14.9. The van der Waals surface area contributed by atoms with Crippen LogP contribution in [0.25, 0.3) is 11.1 Å². The van der Waals surface area contributed by atoms with Crippen LogP contribution in [0.1, 0.15) is 65.9 Å². The van der Waals surface area contributed by atoms with Crippen molar-refractivity contribution < 1.29 is 0 Å². The van der Waals surface area contributed by atoms with Gasteiger partial charge in [-0.3, -0.25) is 0 Å². The molecule has 0 aliphatic rings. The zero-order chi connectivity index (χ0) is 14.4. The van der Waals surface area contributed by atoms with Gasteiger partial charge in [-0.15, -0.1) is 0 Å². The second kappa shape index (κ2) is 7.22. The first-order valence-electron chi connectivity index (χ1n) is 7.21. The molecule has 0 radical (unpaired) electrons. The summed E-state index contributed by atoms with van der Waals surface area (Å²) in [6.45, 7) is 13.0. The smallest absolute Gasteiger partial charge is 0.155 e. The SMILES string of the molecule is CC/C=C(\CC)c1ccnc(/C(C)=C(\C)C(C)C)n1. The first kappa shape index (κ1) is 15.6. The molecule has 0 saturated heterocycles. The Kier molecular flexibility index (Phi) is 5.94. The Labute approximate surface area is 117 Å². The van der Waals surface area contributed by atoms with Crippen LogP contribution in [-0.2, 0) is 0 Å². The fourth-order valence-corrected chi connectivity index (χ4v) is 2.00. The van der Waals surface area contributed by atoms with Gasteiger partial charge in [-0.25, -0.2) is 9.97 Å². The Morgan fingerprint density at radius 2 is 1.95 bits per heavy atom. The molecule has 2 nitrogen and oxygen atoms in total. The molecule has 1 aromatic rings. The summed E-state index contributed by atoms with van der Waals surface area (Å²) in [5.41, 5.74) is 4.92. The van der Waals surface area contributed by atoms with Crippen LogP contribution in [0.2, 0.25) is 0 Å². The first-order chi connectivity index (χ1) is 9.01. The van der Waals surface area contributed by atoms with Gasteiger partial charge in [0.1, 0.15) is 0 Å². The Morgan fingerprint density at radius 3 is 2.47 bits per heavy atom. The topological polar surface area (TPSA) is 25.8 Å². The molecular weight excluding hydrogens is 232 g/mol. The zero-order valence-corrected chi connectivity index (χ0v) is 13.1. The molecule has 104 valence electrons. The molecule has 0 fully saturated rings. The third kappa shape index (κ3) is 4.02. The maximum Gasteiger partial charge on any atom is 0.155 e. The van der Waals surface area contributed by atoms with Crippen molar-refractivity contribution >= 4 is 11.1 Å². The normalized spacial score (nSPS) is 13.7. The number of rotatable bonds is 5. The monoisotopic (exact) mass is 258 g/mol. The van der Waals surface area contributed by atoms with Crippen LogP contribution in [0, 0.1) is 5.92 Å². The minimum Gasteiger partial charge on any atom is -0.237 e. The largest absolute Gasteiger partial charge is 0.237 e. The van der Waals surface area contributed by atoms with Crippen molar-refractivity contribution in [3.8, 4) is 0 Å². The van der Waals surface area contributed by atoms with Crippen LogP contribution in [0.3, 0.4) is 0 Å². The number of hydrogen-bond donors (Lipinski definition) is 0. The molecule has 1 rings (SSSR count). The highest BCUT2D eigenvalue weighted by Crippen LogP contribution is 2.22. The third-order valence-electron chi connectivity index (χ3n) is 3.61. The average molecular weight is 258 g/mol. The van der Waals surface area contributed by atoms with Crippen LogP contribution in [-0.4, -0.2) is 9.97 Å².